The Morgan fingerprint density at radius 2 is 1.89 bits per heavy atom. The van der Waals surface area contributed by atoms with Gasteiger partial charge < -0.3 is 10.6 Å². The number of fused-ring (bicyclic) bond motifs is 1. The van der Waals surface area contributed by atoms with E-state index in [0.29, 0.717) is 28.5 Å². The fraction of sp³-hybridized carbons (Fsp3) is 0.200. The Bertz CT molecular complexity index is 1390. The van der Waals surface area contributed by atoms with Gasteiger partial charge in [-0.15, -0.1) is 0 Å². The third-order valence-corrected chi connectivity index (χ3v) is 5.69. The number of amides is 1. The van der Waals surface area contributed by atoms with Crippen molar-refractivity contribution in [3.8, 4) is 0 Å². The van der Waals surface area contributed by atoms with Crippen LogP contribution >= 0.6 is 0 Å². The van der Waals surface area contributed by atoms with Crippen molar-refractivity contribution in [3.63, 3.8) is 0 Å². The molecule has 0 spiro atoms. The predicted molar refractivity (Wildman–Crippen MR) is 123 cm³/mol. The molecular weight excluding hydrogens is 462 g/mol. The zero-order valence-corrected chi connectivity index (χ0v) is 18.8. The minimum Gasteiger partial charge on any atom is -0.383 e. The summed E-state index contributed by atoms with van der Waals surface area (Å²) in [6.07, 6.45) is -2.42. The molecule has 1 atom stereocenters. The fourth-order valence-corrected chi connectivity index (χ4v) is 3.69. The highest BCUT2D eigenvalue weighted by atomic mass is 19.4. The second-order valence-corrected chi connectivity index (χ2v) is 8.11. The summed E-state index contributed by atoms with van der Waals surface area (Å²) in [5, 5.41) is 0.687. The zero-order valence-electron chi connectivity index (χ0n) is 18.8. The molecule has 0 saturated heterocycles. The van der Waals surface area contributed by atoms with Gasteiger partial charge in [0.05, 0.1) is 35.1 Å². The van der Waals surface area contributed by atoms with E-state index in [1.807, 2.05) is 0 Å². The number of carbonyl (C=O) groups is 1. The molecule has 3 aromatic heterocycles. The van der Waals surface area contributed by atoms with Crippen LogP contribution in [0.4, 0.5) is 23.4 Å². The number of pyridine rings is 3. The van der Waals surface area contributed by atoms with Crippen molar-refractivity contribution in [2.24, 2.45) is 0 Å². The Kier molecular flexibility index (Phi) is 6.38. The Morgan fingerprint density at radius 3 is 2.54 bits per heavy atom. The largest absolute Gasteiger partial charge is 0.417 e. The molecule has 0 aliphatic rings. The third kappa shape index (κ3) is 5.06. The number of anilines is 1. The number of nitrogen functional groups attached to an aromatic ring is 1. The lowest BCUT2D eigenvalue weighted by molar-refractivity contribution is -0.137. The van der Waals surface area contributed by atoms with E-state index in [2.05, 4.69) is 15.0 Å². The van der Waals surface area contributed by atoms with Crippen LogP contribution in [0.25, 0.3) is 10.9 Å². The van der Waals surface area contributed by atoms with Crippen LogP contribution in [0.15, 0.2) is 60.9 Å². The first-order chi connectivity index (χ1) is 16.5. The van der Waals surface area contributed by atoms with Gasteiger partial charge in [-0.25, -0.2) is 9.37 Å². The van der Waals surface area contributed by atoms with Gasteiger partial charge in [-0.2, -0.15) is 13.2 Å². The molecule has 0 saturated carbocycles. The molecule has 6 nitrogen and oxygen atoms in total. The number of halogens is 4. The van der Waals surface area contributed by atoms with Crippen LogP contribution in [-0.4, -0.2) is 25.8 Å². The van der Waals surface area contributed by atoms with Crippen LogP contribution in [0.3, 0.4) is 0 Å². The summed E-state index contributed by atoms with van der Waals surface area (Å²) < 4.78 is 53.3. The van der Waals surface area contributed by atoms with E-state index in [1.165, 1.54) is 29.3 Å². The van der Waals surface area contributed by atoms with Crippen molar-refractivity contribution >= 4 is 22.6 Å². The van der Waals surface area contributed by atoms with E-state index < -0.39 is 29.5 Å². The van der Waals surface area contributed by atoms with Crippen LogP contribution in [-0.2, 0) is 12.7 Å². The molecule has 0 bridgehead atoms. The number of benzene rings is 1. The Hall–Kier alpha value is -4.08. The van der Waals surface area contributed by atoms with E-state index in [1.54, 1.807) is 38.1 Å². The van der Waals surface area contributed by atoms with Gasteiger partial charge >= 0.3 is 6.18 Å². The number of hydrogen-bond acceptors (Lipinski definition) is 5. The van der Waals surface area contributed by atoms with Crippen LogP contribution < -0.4 is 5.73 Å². The summed E-state index contributed by atoms with van der Waals surface area (Å²) in [5.74, 6) is -0.696. The number of alkyl halides is 3. The van der Waals surface area contributed by atoms with Crippen molar-refractivity contribution in [3.05, 3.63) is 94.8 Å². The molecule has 0 aliphatic heterocycles. The van der Waals surface area contributed by atoms with Crippen LogP contribution in [0, 0.1) is 12.7 Å². The van der Waals surface area contributed by atoms with E-state index >= 15 is 0 Å². The molecule has 0 radical (unpaired) electrons. The average molecular weight is 483 g/mol. The maximum Gasteiger partial charge on any atom is 0.417 e. The first-order valence-corrected chi connectivity index (χ1v) is 10.6. The van der Waals surface area contributed by atoms with Gasteiger partial charge in [-0.1, -0.05) is 0 Å². The number of nitrogens with two attached hydrogens (primary N) is 1. The standard InChI is InChI=1S/C25H21F4N5O/c1-14-10-17-11-16(5-8-21(17)33-23(14)30)24(35)34(15(2)22-20(26)4-3-9-31-22)13-19-7-6-18(12-32-19)25(27,28)29/h3-12,15H,13H2,1-2H3,(H2,30,33). The average Bonchev–Trinajstić information content (AvgIpc) is 2.82. The zero-order chi connectivity index (χ0) is 25.3. The number of aryl methyl sites for hydroxylation is 1. The lowest BCUT2D eigenvalue weighted by Gasteiger charge is -2.29. The smallest absolute Gasteiger partial charge is 0.383 e. The van der Waals surface area contributed by atoms with E-state index in [4.69, 9.17) is 5.73 Å². The first kappa shape index (κ1) is 24.1. The second kappa shape index (κ2) is 9.28. The number of nitrogens with zero attached hydrogens (tertiary/aromatic N) is 4. The van der Waals surface area contributed by atoms with Gasteiger partial charge in [0.25, 0.3) is 5.91 Å². The maximum atomic E-state index is 14.5. The molecule has 1 aromatic carbocycles. The summed E-state index contributed by atoms with van der Waals surface area (Å²) >= 11 is 0. The molecule has 4 rings (SSSR count). The molecule has 0 aliphatic carbocycles. The quantitative estimate of drug-likeness (QED) is 0.380. The van der Waals surface area contributed by atoms with Crippen molar-refractivity contribution in [2.45, 2.75) is 32.6 Å². The third-order valence-electron chi connectivity index (χ3n) is 5.69. The Labute approximate surface area is 198 Å². The van der Waals surface area contributed by atoms with Gasteiger partial charge in [-0.3, -0.25) is 14.8 Å². The summed E-state index contributed by atoms with van der Waals surface area (Å²) in [6.45, 7) is 3.23. The van der Waals surface area contributed by atoms with Gasteiger partial charge in [0.15, 0.2) is 0 Å². The number of hydrogen-bond donors (Lipinski definition) is 1. The summed E-state index contributed by atoms with van der Waals surface area (Å²) in [4.78, 5) is 27.2. The van der Waals surface area contributed by atoms with Crippen molar-refractivity contribution in [1.82, 2.24) is 19.9 Å². The molecule has 3 heterocycles. The van der Waals surface area contributed by atoms with Crippen LogP contribution in [0.2, 0.25) is 0 Å². The molecule has 1 amide bonds. The lowest BCUT2D eigenvalue weighted by atomic mass is 10.1. The Morgan fingerprint density at radius 1 is 1.11 bits per heavy atom. The topological polar surface area (TPSA) is 85.0 Å². The summed E-state index contributed by atoms with van der Waals surface area (Å²) in [5.41, 5.74) is 6.84. The SMILES string of the molecule is Cc1cc2cc(C(=O)N(Cc3ccc(C(F)(F)F)cn3)C(C)c3ncccc3F)ccc2nc1N. The van der Waals surface area contributed by atoms with Crippen molar-refractivity contribution in [2.75, 3.05) is 5.73 Å². The molecule has 0 fully saturated rings. The van der Waals surface area contributed by atoms with Crippen LogP contribution in [0.1, 0.15) is 45.8 Å². The highest BCUT2D eigenvalue weighted by Gasteiger charge is 2.31. The number of rotatable bonds is 5. The van der Waals surface area contributed by atoms with Crippen LogP contribution in [0.5, 0.6) is 0 Å². The first-order valence-electron chi connectivity index (χ1n) is 10.6. The Balaban J connectivity index is 1.73. The second-order valence-electron chi connectivity index (χ2n) is 8.11. The monoisotopic (exact) mass is 483 g/mol. The molecule has 180 valence electrons. The summed E-state index contributed by atoms with van der Waals surface area (Å²) in [6, 6.07) is 10.6. The molecule has 1 unspecified atom stereocenters. The minimum atomic E-state index is -4.54. The molecule has 2 N–H and O–H groups in total. The van der Waals surface area contributed by atoms with E-state index in [9.17, 15) is 22.4 Å². The normalized spacial score (nSPS) is 12.5. The minimum absolute atomic E-state index is 0.0267. The molecule has 35 heavy (non-hydrogen) atoms. The van der Waals surface area contributed by atoms with Gasteiger partial charge in [0, 0.05) is 23.3 Å². The molecular formula is C25H21F4N5O. The van der Waals surface area contributed by atoms with E-state index in [0.717, 1.165) is 11.6 Å². The lowest BCUT2D eigenvalue weighted by Crippen LogP contribution is -2.34. The highest BCUT2D eigenvalue weighted by Crippen LogP contribution is 2.30. The number of carbonyl (C=O) groups excluding carboxylic acids is 1. The van der Waals surface area contributed by atoms with Gasteiger partial charge in [0.1, 0.15) is 11.6 Å². The molecule has 10 heteroatoms. The van der Waals surface area contributed by atoms with Gasteiger partial charge in [0.2, 0.25) is 0 Å². The highest BCUT2D eigenvalue weighted by molar-refractivity contribution is 5.98. The van der Waals surface area contributed by atoms with E-state index in [-0.39, 0.29) is 17.9 Å². The maximum absolute atomic E-state index is 14.5. The number of aromatic nitrogens is 3. The van der Waals surface area contributed by atoms with Crippen molar-refractivity contribution < 1.29 is 22.4 Å². The van der Waals surface area contributed by atoms with Crippen molar-refractivity contribution in [1.29, 1.82) is 0 Å². The van der Waals surface area contributed by atoms with Gasteiger partial charge in [-0.05, 0) is 67.9 Å². The fourth-order valence-electron chi connectivity index (χ4n) is 3.69. The molecule has 4 aromatic rings. The summed E-state index contributed by atoms with van der Waals surface area (Å²) in [7, 11) is 0. The predicted octanol–water partition coefficient (Wildman–Crippen LogP) is 5.48.